The first-order valence-electron chi connectivity index (χ1n) is 7.30. The summed E-state index contributed by atoms with van der Waals surface area (Å²) in [5, 5.41) is 3.00. The van der Waals surface area contributed by atoms with E-state index in [0.717, 1.165) is 0 Å². The Morgan fingerprint density at radius 2 is 1.72 bits per heavy atom. The van der Waals surface area contributed by atoms with Crippen LogP contribution in [0, 0.1) is 5.82 Å². The van der Waals surface area contributed by atoms with E-state index in [1.165, 1.54) is 32.4 Å². The molecule has 0 fully saturated rings. The van der Waals surface area contributed by atoms with Gasteiger partial charge in [0.2, 0.25) is 11.8 Å². The van der Waals surface area contributed by atoms with Gasteiger partial charge in [-0.1, -0.05) is 6.07 Å². The lowest BCUT2D eigenvalue weighted by atomic mass is 10.3. The molecule has 0 atom stereocenters. The Hall–Kier alpha value is -3.42. The lowest BCUT2D eigenvalue weighted by Crippen LogP contribution is -2.01. The summed E-state index contributed by atoms with van der Waals surface area (Å²) in [5.41, 5.74) is 0.535. The van der Waals surface area contributed by atoms with Gasteiger partial charge in [0.15, 0.2) is 11.6 Å². The number of pyridine rings is 1. The fourth-order valence-electron chi connectivity index (χ4n) is 2.01. The Morgan fingerprint density at radius 1 is 0.960 bits per heavy atom. The number of hydrogen-bond acceptors (Lipinski definition) is 7. The Balaban J connectivity index is 1.88. The zero-order valence-corrected chi connectivity index (χ0v) is 13.6. The van der Waals surface area contributed by atoms with Gasteiger partial charge in [0.05, 0.1) is 20.3 Å². The lowest BCUT2D eigenvalue weighted by Gasteiger charge is -2.12. The molecule has 2 heterocycles. The maximum atomic E-state index is 13.3. The number of nitrogens with one attached hydrogen (secondary N) is 1. The van der Waals surface area contributed by atoms with Crippen molar-refractivity contribution in [2.45, 2.75) is 0 Å². The van der Waals surface area contributed by atoms with E-state index in [2.05, 4.69) is 20.3 Å². The van der Waals surface area contributed by atoms with Gasteiger partial charge in [0.1, 0.15) is 5.82 Å². The van der Waals surface area contributed by atoms with Crippen molar-refractivity contribution < 1.29 is 18.6 Å². The third kappa shape index (κ3) is 4.11. The molecule has 0 amide bonds. The molecule has 0 spiro atoms. The second kappa shape index (κ2) is 7.43. The molecule has 1 N–H and O–H groups in total. The van der Waals surface area contributed by atoms with Gasteiger partial charge in [-0.3, -0.25) is 0 Å². The van der Waals surface area contributed by atoms with Gasteiger partial charge in [0, 0.05) is 11.9 Å². The van der Waals surface area contributed by atoms with Crippen molar-refractivity contribution in [1.82, 2.24) is 15.0 Å². The second-order valence-electron chi connectivity index (χ2n) is 4.82. The first kappa shape index (κ1) is 16.4. The summed E-state index contributed by atoms with van der Waals surface area (Å²) in [7, 11) is 2.96. The maximum Gasteiger partial charge on any atom is 0.328 e. The van der Waals surface area contributed by atoms with Crippen LogP contribution in [-0.2, 0) is 0 Å². The van der Waals surface area contributed by atoms with Crippen LogP contribution in [0.15, 0.2) is 48.7 Å². The molecule has 0 aliphatic heterocycles. The monoisotopic (exact) mass is 342 g/mol. The molecule has 0 unspecified atom stereocenters. The van der Waals surface area contributed by atoms with Crippen LogP contribution in [0.4, 0.5) is 15.9 Å². The second-order valence-corrected chi connectivity index (χ2v) is 4.82. The molecule has 0 bridgehead atoms. The summed E-state index contributed by atoms with van der Waals surface area (Å²) in [6.07, 6.45) is 1.58. The number of hydrogen-bond donors (Lipinski definition) is 1. The Kier molecular flexibility index (Phi) is 4.89. The maximum absolute atomic E-state index is 13.3. The molecule has 8 heteroatoms. The number of nitrogens with zero attached hydrogens (tertiary/aromatic N) is 3. The summed E-state index contributed by atoms with van der Waals surface area (Å²) in [4.78, 5) is 12.4. The van der Waals surface area contributed by atoms with Crippen molar-refractivity contribution in [2.24, 2.45) is 0 Å². The summed E-state index contributed by atoms with van der Waals surface area (Å²) in [5.74, 6) is 0.987. The van der Waals surface area contributed by atoms with Gasteiger partial charge in [-0.25, -0.2) is 9.37 Å². The molecule has 0 radical (unpaired) electrons. The van der Waals surface area contributed by atoms with Crippen molar-refractivity contribution in [2.75, 3.05) is 19.5 Å². The fraction of sp³-hybridized carbons (Fsp3) is 0.118. The smallest absolute Gasteiger partial charge is 0.328 e. The number of benzene rings is 1. The highest BCUT2D eigenvalue weighted by atomic mass is 19.1. The topological polar surface area (TPSA) is 78.4 Å². The molecular weight excluding hydrogens is 327 g/mol. The van der Waals surface area contributed by atoms with Gasteiger partial charge in [-0.2, -0.15) is 9.97 Å². The van der Waals surface area contributed by atoms with E-state index in [9.17, 15) is 4.39 Å². The van der Waals surface area contributed by atoms with Crippen molar-refractivity contribution in [3.63, 3.8) is 0 Å². The van der Waals surface area contributed by atoms with Gasteiger partial charge < -0.3 is 19.5 Å². The van der Waals surface area contributed by atoms with Gasteiger partial charge in [0.25, 0.3) is 0 Å². The van der Waals surface area contributed by atoms with Crippen molar-refractivity contribution in [3.8, 4) is 23.5 Å². The quantitative estimate of drug-likeness (QED) is 0.734. The van der Waals surface area contributed by atoms with Crippen LogP contribution in [0.25, 0.3) is 0 Å². The predicted molar refractivity (Wildman–Crippen MR) is 89.1 cm³/mol. The molecule has 1 aromatic carbocycles. The third-order valence-corrected chi connectivity index (χ3v) is 3.14. The van der Waals surface area contributed by atoms with Gasteiger partial charge >= 0.3 is 6.01 Å². The third-order valence-electron chi connectivity index (χ3n) is 3.14. The molecule has 128 valence electrons. The number of anilines is 2. The highest BCUT2D eigenvalue weighted by Crippen LogP contribution is 2.30. The first-order chi connectivity index (χ1) is 12.2. The SMILES string of the molecule is COc1cc(OC)nc(Oc2cccnc2Nc2cccc(F)c2)n1. The number of methoxy groups -OCH3 is 2. The minimum atomic E-state index is -0.357. The molecule has 0 aliphatic carbocycles. The van der Waals surface area contributed by atoms with Crippen LogP contribution in [0.2, 0.25) is 0 Å². The molecule has 25 heavy (non-hydrogen) atoms. The van der Waals surface area contributed by atoms with Crippen LogP contribution >= 0.6 is 0 Å². The number of halogens is 1. The molecule has 0 saturated carbocycles. The molecular formula is C17H15FN4O3. The van der Waals surface area contributed by atoms with Crippen molar-refractivity contribution in [3.05, 3.63) is 54.5 Å². The van der Waals surface area contributed by atoms with Gasteiger partial charge in [-0.15, -0.1) is 0 Å². The molecule has 0 saturated heterocycles. The van der Waals surface area contributed by atoms with E-state index in [1.807, 2.05) is 0 Å². The minimum Gasteiger partial charge on any atom is -0.481 e. The largest absolute Gasteiger partial charge is 0.481 e. The predicted octanol–water partition coefficient (Wildman–Crippen LogP) is 3.56. The normalized spacial score (nSPS) is 10.2. The molecule has 7 nitrogen and oxygen atoms in total. The van der Waals surface area contributed by atoms with Crippen molar-refractivity contribution >= 4 is 11.5 Å². The molecule has 3 aromatic rings. The molecule has 2 aromatic heterocycles. The summed E-state index contributed by atoms with van der Waals surface area (Å²) >= 11 is 0. The van der Waals surface area contributed by atoms with E-state index in [-0.39, 0.29) is 11.8 Å². The summed E-state index contributed by atoms with van der Waals surface area (Å²) in [6.45, 7) is 0. The standard InChI is InChI=1S/C17H15FN4O3/c1-23-14-10-15(24-2)22-17(21-14)25-13-7-4-8-19-16(13)20-12-6-3-5-11(18)9-12/h3-10H,1-2H3,(H,19,20). The van der Waals surface area contributed by atoms with Crippen molar-refractivity contribution in [1.29, 1.82) is 0 Å². The number of aromatic nitrogens is 3. The number of ether oxygens (including phenoxy) is 3. The van der Waals surface area contributed by atoms with Crippen LogP contribution in [0.5, 0.6) is 23.5 Å². The number of rotatable bonds is 6. The van der Waals surface area contributed by atoms with Crippen LogP contribution in [0.1, 0.15) is 0 Å². The van der Waals surface area contributed by atoms with Gasteiger partial charge in [-0.05, 0) is 30.3 Å². The lowest BCUT2D eigenvalue weighted by molar-refractivity contribution is 0.348. The summed E-state index contributed by atoms with van der Waals surface area (Å²) in [6, 6.07) is 11.0. The van der Waals surface area contributed by atoms with Crippen LogP contribution < -0.4 is 19.5 Å². The first-order valence-corrected chi connectivity index (χ1v) is 7.30. The molecule has 0 aliphatic rings. The zero-order valence-electron chi connectivity index (χ0n) is 13.6. The van der Waals surface area contributed by atoms with E-state index >= 15 is 0 Å². The Bertz CT molecular complexity index is 854. The van der Waals surface area contributed by atoms with E-state index in [1.54, 1.807) is 30.5 Å². The van der Waals surface area contributed by atoms with E-state index in [0.29, 0.717) is 29.0 Å². The Morgan fingerprint density at radius 3 is 2.40 bits per heavy atom. The van der Waals surface area contributed by atoms with Crippen LogP contribution in [0.3, 0.4) is 0 Å². The highest BCUT2D eigenvalue weighted by Gasteiger charge is 2.11. The minimum absolute atomic E-state index is 0.0338. The van der Waals surface area contributed by atoms with Crippen LogP contribution in [-0.4, -0.2) is 29.2 Å². The fourth-order valence-corrected chi connectivity index (χ4v) is 2.01. The Labute approximate surface area is 143 Å². The average Bonchev–Trinajstić information content (AvgIpc) is 2.63. The van der Waals surface area contributed by atoms with E-state index < -0.39 is 0 Å². The highest BCUT2D eigenvalue weighted by molar-refractivity contribution is 5.62. The summed E-state index contributed by atoms with van der Waals surface area (Å²) < 4.78 is 29.2. The average molecular weight is 342 g/mol. The molecule has 3 rings (SSSR count). The zero-order chi connectivity index (χ0) is 17.6. The van der Waals surface area contributed by atoms with E-state index in [4.69, 9.17) is 14.2 Å².